The van der Waals surface area contributed by atoms with E-state index >= 15 is 0 Å². The van der Waals surface area contributed by atoms with Crippen LogP contribution in [0.2, 0.25) is 0 Å². The van der Waals surface area contributed by atoms with Gasteiger partial charge in [-0.25, -0.2) is 0 Å². The van der Waals surface area contributed by atoms with E-state index in [1.165, 1.54) is 31.0 Å². The Morgan fingerprint density at radius 3 is 2.43 bits per heavy atom. The standard InChI is InChI=1S/C21H25BrN2O2S2/c1-3-5-6-7-8-12-24-20(26)18(28-21(24)27)17-15-13-14(22)9-10-16(15)23(11-4-2)19(17)25/h9-10,13H,3-8,11-12H2,1-2H3/b18-17+. The predicted octanol–water partition coefficient (Wildman–Crippen LogP) is 5.75. The maximum Gasteiger partial charge on any atom is 0.267 e. The van der Waals surface area contributed by atoms with E-state index in [0.717, 1.165) is 35.0 Å². The topological polar surface area (TPSA) is 40.6 Å². The van der Waals surface area contributed by atoms with Gasteiger partial charge in [-0.2, -0.15) is 0 Å². The minimum Gasteiger partial charge on any atom is -0.308 e. The summed E-state index contributed by atoms with van der Waals surface area (Å²) in [6, 6.07) is 5.79. The highest BCUT2D eigenvalue weighted by molar-refractivity contribution is 9.10. The highest BCUT2D eigenvalue weighted by atomic mass is 79.9. The van der Waals surface area contributed by atoms with Gasteiger partial charge in [0.1, 0.15) is 4.32 Å². The Labute approximate surface area is 184 Å². The van der Waals surface area contributed by atoms with Crippen LogP contribution in [0.25, 0.3) is 5.57 Å². The van der Waals surface area contributed by atoms with Gasteiger partial charge in [0.15, 0.2) is 0 Å². The zero-order chi connectivity index (χ0) is 20.3. The van der Waals surface area contributed by atoms with Crippen molar-refractivity contribution in [3.63, 3.8) is 0 Å². The van der Waals surface area contributed by atoms with E-state index in [9.17, 15) is 9.59 Å². The first-order valence-corrected chi connectivity index (χ1v) is 11.9. The number of thiocarbonyl (C=S) groups is 1. The van der Waals surface area contributed by atoms with Crippen LogP contribution in [0, 0.1) is 0 Å². The van der Waals surface area contributed by atoms with Crippen LogP contribution in [-0.2, 0) is 9.59 Å². The van der Waals surface area contributed by atoms with Crippen molar-refractivity contribution in [2.24, 2.45) is 0 Å². The summed E-state index contributed by atoms with van der Waals surface area (Å²) in [7, 11) is 0. The van der Waals surface area contributed by atoms with E-state index in [0.29, 0.717) is 27.9 Å². The Morgan fingerprint density at radius 2 is 1.71 bits per heavy atom. The maximum atomic E-state index is 13.2. The van der Waals surface area contributed by atoms with Gasteiger partial charge >= 0.3 is 0 Å². The average molecular weight is 481 g/mol. The molecule has 0 aromatic heterocycles. The molecule has 0 atom stereocenters. The van der Waals surface area contributed by atoms with Crippen LogP contribution in [0.4, 0.5) is 5.69 Å². The summed E-state index contributed by atoms with van der Waals surface area (Å²) in [5.74, 6) is -0.225. The second-order valence-corrected chi connectivity index (χ2v) is 9.62. The monoisotopic (exact) mass is 480 g/mol. The second-order valence-electron chi connectivity index (χ2n) is 7.06. The zero-order valence-corrected chi connectivity index (χ0v) is 19.5. The Kier molecular flexibility index (Phi) is 7.34. The fourth-order valence-corrected chi connectivity index (χ4v) is 5.33. The highest BCUT2D eigenvalue weighted by Crippen LogP contribution is 2.45. The molecule has 150 valence electrons. The minimum absolute atomic E-state index is 0.0987. The number of amides is 2. The number of benzene rings is 1. The van der Waals surface area contributed by atoms with E-state index in [1.807, 2.05) is 25.1 Å². The lowest BCUT2D eigenvalue weighted by Crippen LogP contribution is -2.30. The van der Waals surface area contributed by atoms with Crippen LogP contribution in [0.5, 0.6) is 0 Å². The average Bonchev–Trinajstić information content (AvgIpc) is 3.09. The molecule has 0 spiro atoms. The number of carbonyl (C=O) groups excluding carboxylic acids is 2. The first kappa shape index (κ1) is 21.5. The molecule has 0 saturated carbocycles. The largest absolute Gasteiger partial charge is 0.308 e. The maximum absolute atomic E-state index is 13.2. The number of nitrogens with zero attached hydrogens (tertiary/aromatic N) is 2. The number of hydrogen-bond acceptors (Lipinski definition) is 4. The number of thioether (sulfide) groups is 1. The third-order valence-electron chi connectivity index (χ3n) is 4.99. The summed E-state index contributed by atoms with van der Waals surface area (Å²) in [6.07, 6.45) is 6.47. The summed E-state index contributed by atoms with van der Waals surface area (Å²) >= 11 is 10.2. The molecule has 0 bridgehead atoms. The summed E-state index contributed by atoms with van der Waals surface area (Å²) in [6.45, 7) is 5.49. The molecular weight excluding hydrogens is 456 g/mol. The lowest BCUT2D eigenvalue weighted by molar-refractivity contribution is -0.122. The van der Waals surface area contributed by atoms with E-state index in [4.69, 9.17) is 12.2 Å². The van der Waals surface area contributed by atoms with Gasteiger partial charge in [0, 0.05) is 23.1 Å². The van der Waals surface area contributed by atoms with Crippen molar-refractivity contribution in [1.29, 1.82) is 0 Å². The second kappa shape index (κ2) is 9.55. The molecule has 2 aliphatic rings. The number of anilines is 1. The first-order chi connectivity index (χ1) is 13.5. The zero-order valence-electron chi connectivity index (χ0n) is 16.3. The number of carbonyl (C=O) groups is 2. The Balaban J connectivity index is 1.88. The van der Waals surface area contributed by atoms with E-state index in [1.54, 1.807) is 9.80 Å². The third kappa shape index (κ3) is 4.21. The van der Waals surface area contributed by atoms with E-state index in [-0.39, 0.29) is 11.8 Å². The van der Waals surface area contributed by atoms with Crippen molar-refractivity contribution < 1.29 is 9.59 Å². The number of hydrogen-bond donors (Lipinski definition) is 0. The van der Waals surface area contributed by atoms with Crippen LogP contribution in [-0.4, -0.2) is 34.1 Å². The molecule has 3 rings (SSSR count). The van der Waals surface area contributed by atoms with Crippen molar-refractivity contribution in [3.05, 3.63) is 33.1 Å². The quantitative estimate of drug-likeness (QED) is 0.270. The molecule has 2 amide bonds. The number of rotatable bonds is 8. The van der Waals surface area contributed by atoms with Gasteiger partial charge in [0.2, 0.25) is 0 Å². The fourth-order valence-electron chi connectivity index (χ4n) is 3.58. The molecule has 7 heteroatoms. The molecule has 2 aliphatic heterocycles. The molecule has 4 nitrogen and oxygen atoms in total. The van der Waals surface area contributed by atoms with Gasteiger partial charge < -0.3 is 4.90 Å². The van der Waals surface area contributed by atoms with Crippen LogP contribution in [0.1, 0.15) is 57.9 Å². The SMILES string of the molecule is CCCCCCCN1C(=O)/C(=C2\C(=O)N(CCC)c3ccc(Br)cc32)SC1=S. The number of unbranched alkanes of at least 4 members (excludes halogenated alkanes) is 4. The van der Waals surface area contributed by atoms with Gasteiger partial charge in [0.05, 0.1) is 16.2 Å². The van der Waals surface area contributed by atoms with Crippen molar-refractivity contribution in [2.75, 3.05) is 18.0 Å². The van der Waals surface area contributed by atoms with Crippen molar-refractivity contribution in [2.45, 2.75) is 52.4 Å². The Morgan fingerprint density at radius 1 is 0.964 bits per heavy atom. The number of fused-ring (bicyclic) bond motifs is 1. The van der Waals surface area contributed by atoms with Crippen molar-refractivity contribution in [1.82, 2.24) is 4.90 Å². The van der Waals surface area contributed by atoms with Crippen molar-refractivity contribution in [3.8, 4) is 0 Å². The van der Waals surface area contributed by atoms with Crippen molar-refractivity contribution >= 4 is 67.3 Å². The van der Waals surface area contributed by atoms with Gasteiger partial charge in [0.25, 0.3) is 11.8 Å². The third-order valence-corrected chi connectivity index (χ3v) is 6.93. The van der Waals surface area contributed by atoms with Crippen LogP contribution in [0.3, 0.4) is 0 Å². The van der Waals surface area contributed by atoms with E-state index in [2.05, 4.69) is 22.9 Å². The van der Waals surface area contributed by atoms with Crippen LogP contribution in [0.15, 0.2) is 27.6 Å². The molecule has 1 aromatic rings. The van der Waals surface area contributed by atoms with Gasteiger partial charge in [-0.3, -0.25) is 14.5 Å². The summed E-state index contributed by atoms with van der Waals surface area (Å²) in [4.78, 5) is 30.2. The molecule has 28 heavy (non-hydrogen) atoms. The fraction of sp³-hybridized carbons (Fsp3) is 0.476. The van der Waals surface area contributed by atoms with Crippen LogP contribution < -0.4 is 4.90 Å². The minimum atomic E-state index is -0.127. The summed E-state index contributed by atoms with van der Waals surface area (Å²) in [5, 5.41) is 0. The Bertz CT molecular complexity index is 838. The molecule has 1 aromatic carbocycles. The first-order valence-electron chi connectivity index (χ1n) is 9.89. The highest BCUT2D eigenvalue weighted by Gasteiger charge is 2.41. The smallest absolute Gasteiger partial charge is 0.267 e. The van der Waals surface area contributed by atoms with Gasteiger partial charge in [-0.1, -0.05) is 79.4 Å². The molecule has 2 heterocycles. The molecule has 0 N–H and O–H groups in total. The van der Waals surface area contributed by atoms with Crippen LogP contribution >= 0.6 is 39.9 Å². The van der Waals surface area contributed by atoms with Gasteiger partial charge in [-0.05, 0) is 31.0 Å². The molecule has 1 fully saturated rings. The molecule has 0 aliphatic carbocycles. The van der Waals surface area contributed by atoms with Gasteiger partial charge in [-0.15, -0.1) is 0 Å². The summed E-state index contributed by atoms with van der Waals surface area (Å²) < 4.78 is 1.45. The molecule has 0 radical (unpaired) electrons. The number of halogens is 1. The summed E-state index contributed by atoms with van der Waals surface area (Å²) in [5.41, 5.74) is 2.18. The predicted molar refractivity (Wildman–Crippen MR) is 124 cm³/mol. The normalized spacial score (nSPS) is 19.2. The molecule has 1 saturated heterocycles. The molecular formula is C21H25BrN2O2S2. The lowest BCUT2D eigenvalue weighted by Gasteiger charge is -2.15. The molecule has 0 unspecified atom stereocenters. The van der Waals surface area contributed by atoms with E-state index < -0.39 is 0 Å². The Hall–Kier alpha value is -1.18. The lowest BCUT2D eigenvalue weighted by atomic mass is 10.1.